The van der Waals surface area contributed by atoms with E-state index in [0.29, 0.717) is 23.3 Å². The molecule has 2 aromatic carbocycles. The van der Waals surface area contributed by atoms with Gasteiger partial charge >= 0.3 is 6.09 Å². The van der Waals surface area contributed by atoms with Crippen LogP contribution in [0.2, 0.25) is 0 Å². The minimum atomic E-state index is -0.495. The number of carbonyl (C=O) groups excluding carboxylic acids is 2. The summed E-state index contributed by atoms with van der Waals surface area (Å²) < 4.78 is 5.67. The minimum Gasteiger partial charge on any atom is -0.444 e. The van der Waals surface area contributed by atoms with Crippen molar-refractivity contribution < 1.29 is 14.3 Å². The van der Waals surface area contributed by atoms with E-state index in [2.05, 4.69) is 5.32 Å². The molecule has 2 amide bonds. The predicted octanol–water partition coefficient (Wildman–Crippen LogP) is 6.18. The van der Waals surface area contributed by atoms with Gasteiger partial charge in [0.1, 0.15) is 5.60 Å². The fraction of sp³-hybridized carbons (Fsp3) is 0.462. The van der Waals surface area contributed by atoms with E-state index in [4.69, 9.17) is 16.3 Å². The van der Waals surface area contributed by atoms with Crippen molar-refractivity contribution in [2.24, 2.45) is 5.92 Å². The molecule has 0 saturated heterocycles. The Morgan fingerprint density at radius 3 is 2.41 bits per heavy atom. The molecule has 0 aromatic heterocycles. The van der Waals surface area contributed by atoms with Crippen LogP contribution in [-0.2, 0) is 10.6 Å². The zero-order chi connectivity index (χ0) is 22.9. The van der Waals surface area contributed by atoms with Crippen LogP contribution in [0.1, 0.15) is 67.4 Å². The van der Waals surface area contributed by atoms with Crippen molar-refractivity contribution >= 4 is 29.3 Å². The predicted molar refractivity (Wildman–Crippen MR) is 127 cm³/mol. The molecule has 0 spiro atoms. The Morgan fingerprint density at radius 1 is 1.09 bits per heavy atom. The number of amides is 2. The van der Waals surface area contributed by atoms with Crippen LogP contribution >= 0.6 is 11.6 Å². The Balaban J connectivity index is 1.40. The summed E-state index contributed by atoms with van der Waals surface area (Å²) in [6, 6.07) is 15.4. The molecule has 32 heavy (non-hydrogen) atoms. The molecule has 6 heteroatoms. The Hall–Kier alpha value is -2.53. The second-order valence-corrected chi connectivity index (χ2v) is 10.1. The minimum absolute atomic E-state index is 0.168. The molecule has 2 fully saturated rings. The maximum Gasteiger partial charge on any atom is 0.410 e. The number of ether oxygens (including phenoxy) is 1. The normalized spacial score (nSPS) is 19.9. The van der Waals surface area contributed by atoms with E-state index in [-0.39, 0.29) is 18.0 Å². The van der Waals surface area contributed by atoms with E-state index in [1.807, 2.05) is 68.1 Å². The van der Waals surface area contributed by atoms with E-state index in [1.54, 1.807) is 6.07 Å². The molecule has 2 aliphatic rings. The van der Waals surface area contributed by atoms with Crippen LogP contribution in [0.25, 0.3) is 0 Å². The summed E-state index contributed by atoms with van der Waals surface area (Å²) >= 11 is 5.96. The maximum absolute atomic E-state index is 12.8. The molecule has 2 aliphatic carbocycles. The lowest BCUT2D eigenvalue weighted by Gasteiger charge is -2.28. The highest BCUT2D eigenvalue weighted by Gasteiger charge is 2.47. The monoisotopic (exact) mass is 454 g/mol. The molecule has 2 aromatic rings. The third-order valence-corrected chi connectivity index (χ3v) is 6.23. The van der Waals surface area contributed by atoms with Gasteiger partial charge < -0.3 is 15.0 Å². The number of halogens is 1. The fourth-order valence-corrected chi connectivity index (χ4v) is 4.23. The third-order valence-electron chi connectivity index (χ3n) is 5.94. The number of benzene rings is 2. The SMILES string of the molecule is CC(C)(C)OC(=O)N(CC1CC1)[C@@H]1C[C@H]1c1ccc(NC(=O)c2ccccc2CCl)cc1. The maximum atomic E-state index is 12.8. The van der Waals surface area contributed by atoms with Gasteiger partial charge in [-0.15, -0.1) is 11.6 Å². The van der Waals surface area contributed by atoms with Gasteiger partial charge in [0.15, 0.2) is 0 Å². The van der Waals surface area contributed by atoms with Crippen LogP contribution < -0.4 is 5.32 Å². The summed E-state index contributed by atoms with van der Waals surface area (Å²) in [5.74, 6) is 1.04. The van der Waals surface area contributed by atoms with E-state index in [1.165, 1.54) is 18.4 Å². The summed E-state index contributed by atoms with van der Waals surface area (Å²) in [5.41, 5.74) is 2.82. The standard InChI is InChI=1S/C26H31ClN2O3/c1-26(2,3)32-25(31)29(16-17-8-9-17)23-14-22(23)18-10-12-20(13-11-18)28-24(30)21-7-5-4-6-19(21)15-27/h4-7,10-13,17,22-23H,8-9,14-16H2,1-3H3,(H,28,30)/t22-,23+/m0/s1. The first kappa shape index (κ1) is 22.7. The first-order valence-electron chi connectivity index (χ1n) is 11.3. The van der Waals surface area contributed by atoms with Gasteiger partial charge in [-0.2, -0.15) is 0 Å². The Bertz CT molecular complexity index is 979. The van der Waals surface area contributed by atoms with Gasteiger partial charge in [-0.3, -0.25) is 4.79 Å². The van der Waals surface area contributed by atoms with Crippen LogP contribution in [-0.4, -0.2) is 35.1 Å². The topological polar surface area (TPSA) is 58.6 Å². The first-order valence-corrected chi connectivity index (χ1v) is 11.8. The molecule has 0 heterocycles. The highest BCUT2D eigenvalue weighted by atomic mass is 35.5. The molecule has 1 N–H and O–H groups in total. The number of alkyl halides is 1. The number of anilines is 1. The number of nitrogens with zero attached hydrogens (tertiary/aromatic N) is 1. The number of hydrogen-bond acceptors (Lipinski definition) is 3. The van der Waals surface area contributed by atoms with Crippen molar-refractivity contribution in [3.05, 3.63) is 65.2 Å². The van der Waals surface area contributed by atoms with Gasteiger partial charge in [-0.1, -0.05) is 30.3 Å². The molecule has 4 rings (SSSR count). The highest BCUT2D eigenvalue weighted by molar-refractivity contribution is 6.18. The smallest absolute Gasteiger partial charge is 0.410 e. The summed E-state index contributed by atoms with van der Waals surface area (Å²) in [4.78, 5) is 27.4. The number of nitrogens with one attached hydrogen (secondary N) is 1. The van der Waals surface area contributed by atoms with Gasteiger partial charge in [0, 0.05) is 35.6 Å². The molecular weight excluding hydrogens is 424 g/mol. The zero-order valence-electron chi connectivity index (χ0n) is 18.9. The van der Waals surface area contributed by atoms with E-state index >= 15 is 0 Å². The van der Waals surface area contributed by atoms with Gasteiger partial charge in [-0.05, 0) is 75.3 Å². The average Bonchev–Trinajstić information content (AvgIpc) is 3.66. The molecule has 2 saturated carbocycles. The average molecular weight is 455 g/mol. The second-order valence-electron chi connectivity index (χ2n) is 9.85. The molecule has 2 atom stereocenters. The molecule has 0 aliphatic heterocycles. The van der Waals surface area contributed by atoms with Crippen molar-refractivity contribution in [1.29, 1.82) is 0 Å². The Labute approximate surface area is 195 Å². The van der Waals surface area contributed by atoms with Gasteiger partial charge in [-0.25, -0.2) is 4.79 Å². The Morgan fingerprint density at radius 2 is 1.78 bits per heavy atom. The molecule has 0 bridgehead atoms. The van der Waals surface area contributed by atoms with Crippen LogP contribution in [0.3, 0.4) is 0 Å². The lowest BCUT2D eigenvalue weighted by atomic mass is 10.1. The highest BCUT2D eigenvalue weighted by Crippen LogP contribution is 2.47. The van der Waals surface area contributed by atoms with E-state index in [0.717, 1.165) is 24.2 Å². The quantitative estimate of drug-likeness (QED) is 0.508. The molecular formula is C26H31ClN2O3. The van der Waals surface area contributed by atoms with Crippen molar-refractivity contribution in [3.8, 4) is 0 Å². The van der Waals surface area contributed by atoms with Gasteiger partial charge in [0.05, 0.1) is 0 Å². The molecule has 0 radical (unpaired) electrons. The Kier molecular flexibility index (Phi) is 6.47. The van der Waals surface area contributed by atoms with Crippen molar-refractivity contribution in [1.82, 2.24) is 4.90 Å². The van der Waals surface area contributed by atoms with E-state index in [9.17, 15) is 9.59 Å². The number of rotatable bonds is 7. The van der Waals surface area contributed by atoms with Crippen molar-refractivity contribution in [3.63, 3.8) is 0 Å². The fourth-order valence-electron chi connectivity index (χ4n) is 4.00. The van der Waals surface area contributed by atoms with Gasteiger partial charge in [0.2, 0.25) is 0 Å². The summed E-state index contributed by atoms with van der Waals surface area (Å²) in [6.45, 7) is 6.50. The number of carbonyl (C=O) groups is 2. The lowest BCUT2D eigenvalue weighted by molar-refractivity contribution is 0.0220. The lowest BCUT2D eigenvalue weighted by Crippen LogP contribution is -2.40. The number of hydrogen-bond donors (Lipinski definition) is 1. The summed E-state index contributed by atoms with van der Waals surface area (Å²) in [5, 5.41) is 2.95. The van der Waals surface area contributed by atoms with Gasteiger partial charge in [0.25, 0.3) is 5.91 Å². The molecule has 170 valence electrons. The molecule has 5 nitrogen and oxygen atoms in total. The van der Waals surface area contributed by atoms with Crippen LogP contribution in [0.15, 0.2) is 48.5 Å². The van der Waals surface area contributed by atoms with Crippen LogP contribution in [0, 0.1) is 5.92 Å². The van der Waals surface area contributed by atoms with Crippen molar-refractivity contribution in [2.45, 2.75) is 63.5 Å². The van der Waals surface area contributed by atoms with Crippen LogP contribution in [0.4, 0.5) is 10.5 Å². The third kappa shape index (κ3) is 5.63. The van der Waals surface area contributed by atoms with Crippen molar-refractivity contribution in [2.75, 3.05) is 11.9 Å². The molecule has 0 unspecified atom stereocenters. The largest absolute Gasteiger partial charge is 0.444 e. The van der Waals surface area contributed by atoms with E-state index < -0.39 is 5.60 Å². The summed E-state index contributed by atoms with van der Waals surface area (Å²) in [7, 11) is 0. The summed E-state index contributed by atoms with van der Waals surface area (Å²) in [6.07, 6.45) is 3.12. The second kappa shape index (κ2) is 9.14. The first-order chi connectivity index (χ1) is 15.2. The zero-order valence-corrected chi connectivity index (χ0v) is 19.7. The van der Waals surface area contributed by atoms with Crippen LogP contribution in [0.5, 0.6) is 0 Å².